The van der Waals surface area contributed by atoms with Gasteiger partial charge in [0.1, 0.15) is 10.7 Å². The quantitative estimate of drug-likeness (QED) is 0.683. The van der Waals surface area contributed by atoms with Crippen molar-refractivity contribution >= 4 is 35.0 Å². The second kappa shape index (κ2) is 9.21. The Bertz CT molecular complexity index is 870. The summed E-state index contributed by atoms with van der Waals surface area (Å²) < 4.78 is 0. The molecule has 1 aliphatic heterocycles. The van der Waals surface area contributed by atoms with Crippen molar-refractivity contribution in [2.24, 2.45) is 0 Å². The Kier molecular flexibility index (Phi) is 6.42. The SMILES string of the molecule is O=C(NC1CCCCC1)c1cccc(NC2=C(Cl)C(=O)N(C3CCCCC3)C2=O)c1. The smallest absolute Gasteiger partial charge is 0.279 e. The summed E-state index contributed by atoms with van der Waals surface area (Å²) in [5, 5.41) is 6.01. The zero-order valence-electron chi connectivity index (χ0n) is 17.1. The molecule has 0 atom stereocenters. The number of hydrogen-bond donors (Lipinski definition) is 2. The topological polar surface area (TPSA) is 78.5 Å². The van der Waals surface area contributed by atoms with Crippen LogP contribution in [0.1, 0.15) is 74.6 Å². The summed E-state index contributed by atoms with van der Waals surface area (Å²) in [6, 6.07) is 7.09. The van der Waals surface area contributed by atoms with Gasteiger partial charge in [-0.2, -0.15) is 0 Å². The van der Waals surface area contributed by atoms with E-state index >= 15 is 0 Å². The van der Waals surface area contributed by atoms with E-state index in [1.807, 2.05) is 0 Å². The largest absolute Gasteiger partial charge is 0.350 e. The van der Waals surface area contributed by atoms with Gasteiger partial charge in [-0.15, -0.1) is 0 Å². The van der Waals surface area contributed by atoms with Gasteiger partial charge in [0, 0.05) is 23.3 Å². The molecular weight excluding hydrogens is 402 g/mol. The number of benzene rings is 1. The second-order valence-corrected chi connectivity index (χ2v) is 8.85. The number of carbonyl (C=O) groups excluding carboxylic acids is 3. The number of halogens is 1. The van der Waals surface area contributed by atoms with E-state index < -0.39 is 5.91 Å². The number of nitrogens with zero attached hydrogens (tertiary/aromatic N) is 1. The fraction of sp³-hybridized carbons (Fsp3) is 0.522. The van der Waals surface area contributed by atoms with Crippen molar-refractivity contribution in [2.45, 2.75) is 76.3 Å². The number of imide groups is 1. The molecule has 0 spiro atoms. The third-order valence-corrected chi connectivity index (χ3v) is 6.68. The zero-order valence-corrected chi connectivity index (χ0v) is 17.8. The van der Waals surface area contributed by atoms with Crippen LogP contribution in [0.2, 0.25) is 0 Å². The Balaban J connectivity index is 1.46. The number of nitrogens with one attached hydrogen (secondary N) is 2. The van der Waals surface area contributed by atoms with Gasteiger partial charge >= 0.3 is 0 Å². The van der Waals surface area contributed by atoms with E-state index in [0.29, 0.717) is 11.3 Å². The molecule has 7 heteroatoms. The summed E-state index contributed by atoms with van der Waals surface area (Å²) in [4.78, 5) is 39.5. The van der Waals surface area contributed by atoms with Crippen LogP contribution in [0.25, 0.3) is 0 Å². The van der Waals surface area contributed by atoms with Crippen LogP contribution in [0.4, 0.5) is 5.69 Å². The molecule has 160 valence electrons. The molecule has 2 N–H and O–H groups in total. The average molecular weight is 430 g/mol. The standard InChI is InChI=1S/C23H28ClN3O3/c24-19-20(23(30)27(22(19)29)18-12-5-2-6-13-18)25-17-11-7-8-15(14-17)21(28)26-16-9-3-1-4-10-16/h7-8,11,14,16,18,25H,1-6,9-10,12-13H2,(H,26,28). The van der Waals surface area contributed by atoms with E-state index in [2.05, 4.69) is 10.6 Å². The molecule has 0 saturated heterocycles. The molecule has 4 rings (SSSR count). The average Bonchev–Trinajstić information content (AvgIpc) is 2.98. The first kappa shape index (κ1) is 20.9. The lowest BCUT2D eigenvalue weighted by molar-refractivity contribution is -0.140. The minimum absolute atomic E-state index is 0.0809. The number of amides is 3. The number of anilines is 1. The minimum atomic E-state index is -0.428. The predicted molar refractivity (Wildman–Crippen MR) is 116 cm³/mol. The van der Waals surface area contributed by atoms with Crippen LogP contribution in [0.3, 0.4) is 0 Å². The maximum absolute atomic E-state index is 12.9. The van der Waals surface area contributed by atoms with Crippen molar-refractivity contribution in [3.8, 4) is 0 Å². The molecule has 6 nitrogen and oxygen atoms in total. The highest BCUT2D eigenvalue weighted by molar-refractivity contribution is 6.48. The molecule has 1 heterocycles. The van der Waals surface area contributed by atoms with Crippen molar-refractivity contribution < 1.29 is 14.4 Å². The normalized spacial score (nSPS) is 21.3. The van der Waals surface area contributed by atoms with Gasteiger partial charge in [0.2, 0.25) is 0 Å². The Labute approximate surface area is 182 Å². The first-order valence-corrected chi connectivity index (χ1v) is 11.4. The van der Waals surface area contributed by atoms with Crippen molar-refractivity contribution in [2.75, 3.05) is 5.32 Å². The number of carbonyl (C=O) groups is 3. The maximum Gasteiger partial charge on any atom is 0.279 e. The van der Waals surface area contributed by atoms with Gasteiger partial charge in [0.15, 0.2) is 0 Å². The first-order chi connectivity index (χ1) is 14.5. The van der Waals surface area contributed by atoms with E-state index in [0.717, 1.165) is 57.8 Å². The fourth-order valence-corrected chi connectivity index (χ4v) is 4.92. The van der Waals surface area contributed by atoms with E-state index in [9.17, 15) is 14.4 Å². The summed E-state index contributed by atoms with van der Waals surface area (Å²) in [6.07, 6.45) is 10.4. The molecular formula is C23H28ClN3O3. The Hall–Kier alpha value is -2.34. The van der Waals surface area contributed by atoms with Crippen molar-refractivity contribution in [1.29, 1.82) is 0 Å². The van der Waals surface area contributed by atoms with Gasteiger partial charge in [0.05, 0.1) is 0 Å². The third kappa shape index (κ3) is 4.38. The molecule has 2 fully saturated rings. The Morgan fingerprint density at radius 3 is 2.30 bits per heavy atom. The van der Waals surface area contributed by atoms with Crippen LogP contribution in [0.5, 0.6) is 0 Å². The lowest BCUT2D eigenvalue weighted by atomic mass is 9.94. The lowest BCUT2D eigenvalue weighted by Gasteiger charge is -2.29. The van der Waals surface area contributed by atoms with E-state index in [4.69, 9.17) is 11.6 Å². The van der Waals surface area contributed by atoms with E-state index in [1.54, 1.807) is 24.3 Å². The fourth-order valence-electron chi connectivity index (χ4n) is 4.70. The summed E-state index contributed by atoms with van der Waals surface area (Å²) in [7, 11) is 0. The monoisotopic (exact) mass is 429 g/mol. The molecule has 2 saturated carbocycles. The molecule has 3 aliphatic rings. The molecule has 3 amide bonds. The number of hydrogen-bond acceptors (Lipinski definition) is 4. The van der Waals surface area contributed by atoms with Gasteiger partial charge in [-0.05, 0) is 43.9 Å². The van der Waals surface area contributed by atoms with Gasteiger partial charge in [-0.1, -0.05) is 56.2 Å². The first-order valence-electron chi connectivity index (χ1n) is 11.0. The molecule has 0 aromatic heterocycles. The Morgan fingerprint density at radius 1 is 0.933 bits per heavy atom. The molecule has 1 aromatic rings. The van der Waals surface area contributed by atoms with E-state index in [1.165, 1.54) is 11.3 Å². The molecule has 2 aliphatic carbocycles. The summed E-state index contributed by atoms with van der Waals surface area (Å²) in [5.74, 6) is -0.931. The highest BCUT2D eigenvalue weighted by Gasteiger charge is 2.42. The molecule has 0 radical (unpaired) electrons. The van der Waals surface area contributed by atoms with Gasteiger partial charge in [-0.25, -0.2) is 0 Å². The molecule has 30 heavy (non-hydrogen) atoms. The summed E-state index contributed by atoms with van der Waals surface area (Å²) in [6.45, 7) is 0. The minimum Gasteiger partial charge on any atom is -0.350 e. The van der Waals surface area contributed by atoms with Gasteiger partial charge in [0.25, 0.3) is 17.7 Å². The van der Waals surface area contributed by atoms with Crippen molar-refractivity contribution in [1.82, 2.24) is 10.2 Å². The molecule has 0 bridgehead atoms. The van der Waals surface area contributed by atoms with Gasteiger partial charge < -0.3 is 10.6 Å². The summed E-state index contributed by atoms with van der Waals surface area (Å²) >= 11 is 6.24. The van der Waals surface area contributed by atoms with Crippen LogP contribution in [0.15, 0.2) is 35.0 Å². The maximum atomic E-state index is 12.9. The van der Waals surface area contributed by atoms with Crippen LogP contribution in [-0.2, 0) is 9.59 Å². The summed E-state index contributed by atoms with van der Waals surface area (Å²) in [5.41, 5.74) is 1.17. The highest BCUT2D eigenvalue weighted by Crippen LogP contribution is 2.32. The van der Waals surface area contributed by atoms with Crippen molar-refractivity contribution in [3.05, 3.63) is 40.6 Å². The lowest BCUT2D eigenvalue weighted by Crippen LogP contribution is -2.42. The molecule has 0 unspecified atom stereocenters. The Morgan fingerprint density at radius 2 is 1.60 bits per heavy atom. The predicted octanol–water partition coefficient (Wildman–Crippen LogP) is 4.31. The van der Waals surface area contributed by atoms with Crippen LogP contribution < -0.4 is 10.6 Å². The third-order valence-electron chi connectivity index (χ3n) is 6.33. The van der Waals surface area contributed by atoms with Crippen molar-refractivity contribution in [3.63, 3.8) is 0 Å². The molecule has 1 aromatic carbocycles. The highest BCUT2D eigenvalue weighted by atomic mass is 35.5. The second-order valence-electron chi connectivity index (χ2n) is 8.48. The zero-order chi connectivity index (χ0) is 21.1. The number of rotatable bonds is 5. The van der Waals surface area contributed by atoms with Gasteiger partial charge in [-0.3, -0.25) is 19.3 Å². The van der Waals surface area contributed by atoms with Crippen LogP contribution >= 0.6 is 11.6 Å². The van der Waals surface area contributed by atoms with E-state index in [-0.39, 0.29) is 34.6 Å². The van der Waals surface area contributed by atoms with Crippen LogP contribution in [0, 0.1) is 0 Å². The van der Waals surface area contributed by atoms with Crippen LogP contribution in [-0.4, -0.2) is 34.7 Å².